The SMILES string of the molecule is CC(=O)NC(C(=O)NCC(c1cccs1)N1CCCC1)C1CCCC1. The van der Waals surface area contributed by atoms with E-state index in [-0.39, 0.29) is 29.8 Å². The van der Waals surface area contributed by atoms with Crippen molar-refractivity contribution in [3.05, 3.63) is 22.4 Å². The van der Waals surface area contributed by atoms with Gasteiger partial charge >= 0.3 is 0 Å². The van der Waals surface area contributed by atoms with E-state index in [1.807, 2.05) is 0 Å². The van der Waals surface area contributed by atoms with Crippen LogP contribution in [0.2, 0.25) is 0 Å². The quantitative estimate of drug-likeness (QED) is 0.783. The molecule has 2 atom stereocenters. The number of likely N-dealkylation sites (tertiary alicyclic amines) is 1. The fourth-order valence-electron chi connectivity index (χ4n) is 4.16. The standard InChI is InChI=1S/C19H29N3O2S/c1-14(23)21-18(15-7-2-3-8-15)19(24)20-13-16(17-9-6-12-25-17)22-10-4-5-11-22/h6,9,12,15-16,18H,2-5,7-8,10-11,13H2,1H3,(H,20,24)(H,21,23). The van der Waals surface area contributed by atoms with Gasteiger partial charge in [-0.05, 0) is 56.1 Å². The molecule has 1 saturated carbocycles. The number of rotatable bonds is 7. The molecule has 1 saturated heterocycles. The molecule has 5 nitrogen and oxygen atoms in total. The first-order valence-corrected chi connectivity index (χ1v) is 10.4. The Morgan fingerprint density at radius 3 is 2.56 bits per heavy atom. The molecule has 0 radical (unpaired) electrons. The molecule has 3 rings (SSSR count). The second-order valence-corrected chi connectivity index (χ2v) is 8.22. The van der Waals surface area contributed by atoms with Crippen molar-refractivity contribution < 1.29 is 9.59 Å². The lowest BCUT2D eigenvalue weighted by molar-refractivity contribution is -0.129. The smallest absolute Gasteiger partial charge is 0.242 e. The minimum Gasteiger partial charge on any atom is -0.352 e. The van der Waals surface area contributed by atoms with Gasteiger partial charge in [0.15, 0.2) is 0 Å². The highest BCUT2D eigenvalue weighted by Crippen LogP contribution is 2.29. The maximum absolute atomic E-state index is 12.8. The summed E-state index contributed by atoms with van der Waals surface area (Å²) in [6, 6.07) is 4.08. The Morgan fingerprint density at radius 1 is 1.24 bits per heavy atom. The Bertz CT molecular complexity index is 563. The minimum atomic E-state index is -0.387. The van der Waals surface area contributed by atoms with E-state index in [4.69, 9.17) is 0 Å². The van der Waals surface area contributed by atoms with E-state index in [2.05, 4.69) is 33.0 Å². The highest BCUT2D eigenvalue weighted by Gasteiger charge is 2.32. The molecule has 2 amide bonds. The van der Waals surface area contributed by atoms with Gasteiger partial charge in [0.05, 0.1) is 6.04 Å². The number of hydrogen-bond donors (Lipinski definition) is 2. The summed E-state index contributed by atoms with van der Waals surface area (Å²) >= 11 is 1.75. The van der Waals surface area contributed by atoms with Crippen LogP contribution >= 0.6 is 11.3 Å². The number of nitrogens with zero attached hydrogens (tertiary/aromatic N) is 1. The molecule has 0 spiro atoms. The van der Waals surface area contributed by atoms with Gasteiger partial charge in [0.25, 0.3) is 0 Å². The number of amides is 2. The Kier molecular flexibility index (Phi) is 6.48. The van der Waals surface area contributed by atoms with Gasteiger partial charge in [-0.2, -0.15) is 0 Å². The van der Waals surface area contributed by atoms with Crippen LogP contribution in [0.1, 0.15) is 56.4 Å². The van der Waals surface area contributed by atoms with Crippen LogP contribution < -0.4 is 10.6 Å². The highest BCUT2D eigenvalue weighted by atomic mass is 32.1. The van der Waals surface area contributed by atoms with Gasteiger partial charge in [0.1, 0.15) is 6.04 Å². The summed E-state index contributed by atoms with van der Waals surface area (Å²) in [5, 5.41) is 8.13. The Balaban J connectivity index is 1.63. The third kappa shape index (κ3) is 4.82. The van der Waals surface area contributed by atoms with Crippen LogP contribution in [-0.4, -0.2) is 42.4 Å². The monoisotopic (exact) mass is 363 g/mol. The first-order valence-electron chi connectivity index (χ1n) is 9.47. The van der Waals surface area contributed by atoms with Gasteiger partial charge in [0.2, 0.25) is 11.8 Å². The molecule has 2 unspecified atom stereocenters. The van der Waals surface area contributed by atoms with E-state index < -0.39 is 0 Å². The van der Waals surface area contributed by atoms with Crippen LogP contribution in [0.4, 0.5) is 0 Å². The largest absolute Gasteiger partial charge is 0.352 e. The van der Waals surface area contributed by atoms with Crippen molar-refractivity contribution >= 4 is 23.2 Å². The zero-order valence-electron chi connectivity index (χ0n) is 15.0. The van der Waals surface area contributed by atoms with Crippen LogP contribution in [0.5, 0.6) is 0 Å². The molecule has 6 heteroatoms. The van der Waals surface area contributed by atoms with Gasteiger partial charge < -0.3 is 10.6 Å². The lowest BCUT2D eigenvalue weighted by Gasteiger charge is -2.29. The van der Waals surface area contributed by atoms with Crippen molar-refractivity contribution in [1.29, 1.82) is 0 Å². The van der Waals surface area contributed by atoms with E-state index in [1.54, 1.807) is 11.3 Å². The molecular weight excluding hydrogens is 334 g/mol. The topological polar surface area (TPSA) is 61.4 Å². The summed E-state index contributed by atoms with van der Waals surface area (Å²) in [5.74, 6) is 0.125. The lowest BCUT2D eigenvalue weighted by Crippen LogP contribution is -2.51. The number of carbonyl (C=O) groups excluding carboxylic acids is 2. The van der Waals surface area contributed by atoms with E-state index in [1.165, 1.54) is 24.6 Å². The fourth-order valence-corrected chi connectivity index (χ4v) is 5.02. The summed E-state index contributed by atoms with van der Waals surface area (Å²) < 4.78 is 0. The first kappa shape index (κ1) is 18.4. The third-order valence-electron chi connectivity index (χ3n) is 5.44. The van der Waals surface area contributed by atoms with E-state index in [9.17, 15) is 9.59 Å². The minimum absolute atomic E-state index is 0.0251. The predicted octanol–water partition coefficient (Wildman–Crippen LogP) is 2.70. The van der Waals surface area contributed by atoms with Gasteiger partial charge in [-0.25, -0.2) is 0 Å². The zero-order chi connectivity index (χ0) is 17.6. The zero-order valence-corrected chi connectivity index (χ0v) is 15.8. The molecule has 2 heterocycles. The normalized spacial score (nSPS) is 21.2. The van der Waals surface area contributed by atoms with Crippen LogP contribution in [0.15, 0.2) is 17.5 Å². The van der Waals surface area contributed by atoms with Crippen molar-refractivity contribution in [2.24, 2.45) is 5.92 Å². The molecule has 1 aliphatic carbocycles. The molecule has 2 N–H and O–H groups in total. The van der Waals surface area contributed by atoms with Gasteiger partial charge in [-0.1, -0.05) is 18.9 Å². The molecule has 2 aliphatic rings. The van der Waals surface area contributed by atoms with Crippen molar-refractivity contribution in [2.75, 3.05) is 19.6 Å². The molecular formula is C19H29N3O2S. The summed E-state index contributed by atoms with van der Waals surface area (Å²) in [6.45, 7) is 4.29. The lowest BCUT2D eigenvalue weighted by atomic mass is 9.97. The average Bonchev–Trinajstić information content (AvgIpc) is 3.34. The van der Waals surface area contributed by atoms with Crippen LogP contribution in [0, 0.1) is 5.92 Å². The van der Waals surface area contributed by atoms with Crippen LogP contribution in [-0.2, 0) is 9.59 Å². The maximum Gasteiger partial charge on any atom is 0.242 e. The van der Waals surface area contributed by atoms with E-state index in [0.29, 0.717) is 6.54 Å². The van der Waals surface area contributed by atoms with Gasteiger partial charge in [-0.15, -0.1) is 11.3 Å². The molecule has 1 aromatic heterocycles. The number of nitrogens with one attached hydrogen (secondary N) is 2. The predicted molar refractivity (Wildman–Crippen MR) is 100 cm³/mol. The third-order valence-corrected chi connectivity index (χ3v) is 6.41. The molecule has 0 aromatic carbocycles. The Morgan fingerprint density at radius 2 is 1.96 bits per heavy atom. The van der Waals surface area contributed by atoms with Crippen molar-refractivity contribution in [3.8, 4) is 0 Å². The Labute approximate surface area is 154 Å². The van der Waals surface area contributed by atoms with E-state index in [0.717, 1.165) is 38.8 Å². The van der Waals surface area contributed by atoms with Crippen molar-refractivity contribution in [2.45, 2.75) is 57.5 Å². The van der Waals surface area contributed by atoms with Crippen molar-refractivity contribution in [1.82, 2.24) is 15.5 Å². The summed E-state index contributed by atoms with van der Waals surface area (Å²) in [5.41, 5.74) is 0. The van der Waals surface area contributed by atoms with Crippen LogP contribution in [0.3, 0.4) is 0 Å². The summed E-state index contributed by atoms with van der Waals surface area (Å²) in [4.78, 5) is 28.1. The molecule has 0 bridgehead atoms. The first-order chi connectivity index (χ1) is 12.1. The summed E-state index contributed by atoms with van der Waals surface area (Å²) in [6.07, 6.45) is 6.82. The van der Waals surface area contributed by atoms with Gasteiger partial charge in [0, 0.05) is 18.3 Å². The van der Waals surface area contributed by atoms with Crippen LogP contribution in [0.25, 0.3) is 0 Å². The van der Waals surface area contributed by atoms with E-state index >= 15 is 0 Å². The summed E-state index contributed by atoms with van der Waals surface area (Å²) in [7, 11) is 0. The number of hydrogen-bond acceptors (Lipinski definition) is 4. The number of thiophene rings is 1. The molecule has 25 heavy (non-hydrogen) atoms. The average molecular weight is 364 g/mol. The molecule has 1 aliphatic heterocycles. The Hall–Kier alpha value is -1.40. The highest BCUT2D eigenvalue weighted by molar-refractivity contribution is 7.10. The molecule has 2 fully saturated rings. The number of carbonyl (C=O) groups is 2. The van der Waals surface area contributed by atoms with Crippen molar-refractivity contribution in [3.63, 3.8) is 0 Å². The fraction of sp³-hybridized carbons (Fsp3) is 0.684. The molecule has 138 valence electrons. The maximum atomic E-state index is 12.8. The second kappa shape index (κ2) is 8.81. The van der Waals surface area contributed by atoms with Gasteiger partial charge in [-0.3, -0.25) is 14.5 Å². The molecule has 1 aromatic rings. The second-order valence-electron chi connectivity index (χ2n) is 7.24.